The molecular formula is C14H25N3O. The number of ether oxygens (including phenoxy) is 1. The first-order valence-corrected chi connectivity index (χ1v) is 6.63. The van der Waals surface area contributed by atoms with Gasteiger partial charge in [-0.15, -0.1) is 0 Å². The fourth-order valence-corrected chi connectivity index (χ4v) is 1.89. The van der Waals surface area contributed by atoms with E-state index in [2.05, 4.69) is 42.3 Å². The van der Waals surface area contributed by atoms with Gasteiger partial charge in [-0.25, -0.2) is 0 Å². The van der Waals surface area contributed by atoms with Crippen molar-refractivity contribution in [3.8, 4) is 5.75 Å². The molecule has 18 heavy (non-hydrogen) atoms. The van der Waals surface area contributed by atoms with Crippen LogP contribution < -0.4 is 10.1 Å². The van der Waals surface area contributed by atoms with Crippen molar-refractivity contribution in [3.05, 3.63) is 24.0 Å². The molecular weight excluding hydrogens is 226 g/mol. The molecule has 4 heteroatoms. The lowest BCUT2D eigenvalue weighted by molar-refractivity contribution is 0.336. The molecule has 1 unspecified atom stereocenters. The van der Waals surface area contributed by atoms with Gasteiger partial charge in [0.15, 0.2) is 0 Å². The van der Waals surface area contributed by atoms with Crippen molar-refractivity contribution < 1.29 is 4.74 Å². The van der Waals surface area contributed by atoms with E-state index in [0.717, 1.165) is 25.3 Å². The number of rotatable bonds is 8. The molecule has 102 valence electrons. The van der Waals surface area contributed by atoms with Gasteiger partial charge in [-0.1, -0.05) is 6.92 Å². The molecule has 0 saturated heterocycles. The monoisotopic (exact) mass is 251 g/mol. The maximum absolute atomic E-state index is 5.50. The van der Waals surface area contributed by atoms with Gasteiger partial charge in [0.25, 0.3) is 0 Å². The highest BCUT2D eigenvalue weighted by atomic mass is 16.5. The highest BCUT2D eigenvalue weighted by molar-refractivity contribution is 5.26. The minimum atomic E-state index is 0.338. The van der Waals surface area contributed by atoms with Crippen molar-refractivity contribution in [3.63, 3.8) is 0 Å². The van der Waals surface area contributed by atoms with Crippen LogP contribution in [0, 0.1) is 0 Å². The second-order valence-corrected chi connectivity index (χ2v) is 4.59. The third-order valence-electron chi connectivity index (χ3n) is 2.76. The Bertz CT molecular complexity index is 342. The Morgan fingerprint density at radius 1 is 1.33 bits per heavy atom. The molecule has 0 bridgehead atoms. The number of nitrogens with one attached hydrogen (secondary N) is 1. The van der Waals surface area contributed by atoms with Gasteiger partial charge < -0.3 is 15.0 Å². The second kappa shape index (κ2) is 8.06. The molecule has 1 aromatic rings. The molecule has 1 rings (SSSR count). The Labute approximate surface area is 110 Å². The molecule has 0 aliphatic rings. The third-order valence-corrected chi connectivity index (χ3v) is 2.76. The fraction of sp³-hybridized carbons (Fsp3) is 0.643. The van der Waals surface area contributed by atoms with Gasteiger partial charge in [0.2, 0.25) is 0 Å². The lowest BCUT2D eigenvalue weighted by Gasteiger charge is -2.20. The first-order chi connectivity index (χ1) is 8.67. The topological polar surface area (TPSA) is 37.4 Å². The van der Waals surface area contributed by atoms with Crippen molar-refractivity contribution in [1.29, 1.82) is 0 Å². The summed E-state index contributed by atoms with van der Waals surface area (Å²) in [6.07, 6.45) is 4.76. The van der Waals surface area contributed by atoms with Gasteiger partial charge in [0.05, 0.1) is 12.8 Å². The summed E-state index contributed by atoms with van der Waals surface area (Å²) < 4.78 is 5.50. The standard InChI is InChI=1S/C14H25N3O/c1-5-16-14(7-8-17(3)4)12-9-13(18-6-2)11-15-10-12/h9-11,14,16H,5-8H2,1-4H3. The lowest BCUT2D eigenvalue weighted by Crippen LogP contribution is -2.25. The Morgan fingerprint density at radius 3 is 2.72 bits per heavy atom. The Balaban J connectivity index is 2.73. The van der Waals surface area contributed by atoms with Crippen LogP contribution in [0.5, 0.6) is 5.75 Å². The van der Waals surface area contributed by atoms with E-state index in [9.17, 15) is 0 Å². The van der Waals surface area contributed by atoms with Crippen LogP contribution in [0.25, 0.3) is 0 Å². The summed E-state index contributed by atoms with van der Waals surface area (Å²) in [5.74, 6) is 0.850. The molecule has 0 saturated carbocycles. The largest absolute Gasteiger partial charge is 0.492 e. The van der Waals surface area contributed by atoms with Gasteiger partial charge in [-0.05, 0) is 52.2 Å². The normalized spacial score (nSPS) is 12.7. The number of aromatic nitrogens is 1. The smallest absolute Gasteiger partial charge is 0.137 e. The first-order valence-electron chi connectivity index (χ1n) is 6.63. The van der Waals surface area contributed by atoms with Crippen LogP contribution in [0.1, 0.15) is 31.9 Å². The van der Waals surface area contributed by atoms with Crippen LogP contribution in [0.4, 0.5) is 0 Å². The number of hydrogen-bond donors (Lipinski definition) is 1. The zero-order chi connectivity index (χ0) is 13.4. The highest BCUT2D eigenvalue weighted by Gasteiger charge is 2.11. The van der Waals surface area contributed by atoms with E-state index in [0.29, 0.717) is 12.6 Å². The number of pyridine rings is 1. The highest BCUT2D eigenvalue weighted by Crippen LogP contribution is 2.20. The van der Waals surface area contributed by atoms with Crippen molar-refractivity contribution in [2.45, 2.75) is 26.3 Å². The van der Waals surface area contributed by atoms with Crippen LogP contribution in [0.3, 0.4) is 0 Å². The molecule has 1 aromatic heterocycles. The van der Waals surface area contributed by atoms with Crippen LogP contribution >= 0.6 is 0 Å². The molecule has 0 aliphatic heterocycles. The average Bonchev–Trinajstić information content (AvgIpc) is 2.35. The van der Waals surface area contributed by atoms with E-state index < -0.39 is 0 Å². The molecule has 0 aromatic carbocycles. The maximum atomic E-state index is 5.50. The zero-order valence-corrected chi connectivity index (χ0v) is 11.9. The van der Waals surface area contributed by atoms with E-state index >= 15 is 0 Å². The predicted octanol–water partition coefficient (Wildman–Crippen LogP) is 2.08. The summed E-state index contributed by atoms with van der Waals surface area (Å²) in [6, 6.07) is 2.42. The van der Waals surface area contributed by atoms with E-state index in [1.165, 1.54) is 5.56 Å². The van der Waals surface area contributed by atoms with Crippen LogP contribution in [0.2, 0.25) is 0 Å². The van der Waals surface area contributed by atoms with Gasteiger partial charge in [-0.2, -0.15) is 0 Å². The summed E-state index contributed by atoms with van der Waals surface area (Å²) in [4.78, 5) is 6.45. The summed E-state index contributed by atoms with van der Waals surface area (Å²) in [5.41, 5.74) is 1.20. The first kappa shape index (κ1) is 14.9. The molecule has 1 N–H and O–H groups in total. The van der Waals surface area contributed by atoms with Crippen molar-refractivity contribution in [1.82, 2.24) is 15.2 Å². The Hall–Kier alpha value is -1.13. The molecule has 0 spiro atoms. The van der Waals surface area contributed by atoms with Crippen molar-refractivity contribution in [2.75, 3.05) is 33.8 Å². The van der Waals surface area contributed by atoms with Crippen LogP contribution in [0.15, 0.2) is 18.5 Å². The fourth-order valence-electron chi connectivity index (χ4n) is 1.89. The summed E-state index contributed by atoms with van der Waals surface area (Å²) in [5, 5.41) is 3.50. The van der Waals surface area contributed by atoms with Crippen molar-refractivity contribution >= 4 is 0 Å². The summed E-state index contributed by atoms with van der Waals surface area (Å²) in [6.45, 7) is 6.80. The number of nitrogens with zero attached hydrogens (tertiary/aromatic N) is 2. The quantitative estimate of drug-likeness (QED) is 0.767. The van der Waals surface area contributed by atoms with Crippen LogP contribution in [-0.2, 0) is 0 Å². The van der Waals surface area contributed by atoms with Gasteiger partial charge in [0, 0.05) is 12.2 Å². The van der Waals surface area contributed by atoms with E-state index in [-0.39, 0.29) is 0 Å². The molecule has 0 fully saturated rings. The van der Waals surface area contributed by atoms with E-state index in [1.807, 2.05) is 13.1 Å². The lowest BCUT2D eigenvalue weighted by atomic mass is 10.1. The predicted molar refractivity (Wildman–Crippen MR) is 75.0 cm³/mol. The van der Waals surface area contributed by atoms with Gasteiger partial charge >= 0.3 is 0 Å². The van der Waals surface area contributed by atoms with Crippen molar-refractivity contribution in [2.24, 2.45) is 0 Å². The maximum Gasteiger partial charge on any atom is 0.137 e. The Morgan fingerprint density at radius 2 is 2.11 bits per heavy atom. The third kappa shape index (κ3) is 5.02. The van der Waals surface area contributed by atoms with E-state index in [4.69, 9.17) is 4.74 Å². The van der Waals surface area contributed by atoms with E-state index in [1.54, 1.807) is 6.20 Å². The van der Waals surface area contributed by atoms with Gasteiger partial charge in [0.1, 0.15) is 5.75 Å². The van der Waals surface area contributed by atoms with Gasteiger partial charge in [-0.3, -0.25) is 4.98 Å². The molecule has 0 amide bonds. The Kier molecular flexibility index (Phi) is 6.68. The summed E-state index contributed by atoms with van der Waals surface area (Å²) in [7, 11) is 4.19. The molecule has 1 atom stereocenters. The SMILES string of the molecule is CCNC(CCN(C)C)c1cncc(OCC)c1. The second-order valence-electron chi connectivity index (χ2n) is 4.59. The summed E-state index contributed by atoms with van der Waals surface area (Å²) >= 11 is 0. The molecule has 0 radical (unpaired) electrons. The molecule has 0 aliphatic carbocycles. The minimum absolute atomic E-state index is 0.338. The molecule has 1 heterocycles. The average molecular weight is 251 g/mol. The molecule has 4 nitrogen and oxygen atoms in total. The number of hydrogen-bond acceptors (Lipinski definition) is 4. The zero-order valence-electron chi connectivity index (χ0n) is 11.9. The van der Waals surface area contributed by atoms with Crippen LogP contribution in [-0.4, -0.2) is 43.7 Å². The minimum Gasteiger partial charge on any atom is -0.492 e.